The normalized spacial score (nSPS) is 22.6. The van der Waals surface area contributed by atoms with Crippen LogP contribution in [0, 0.1) is 16.7 Å². The quantitative estimate of drug-likeness (QED) is 0.529. The molecule has 0 aromatic carbocycles. The first-order valence-corrected chi connectivity index (χ1v) is 11.0. The Morgan fingerprint density at radius 2 is 1.94 bits per heavy atom. The number of alkyl halides is 3. The molecule has 3 aliphatic rings. The standard InChI is InChI=1S/C24H21F3N6O2/c1-14(34)6-22-10-23(11-22,12-22)32-18-5-19(29-9-17(18)21(35)30-13-24(25,26)27)20-3-2-16-4-15(7-28)8-31-33(16)20/h2-5,8-9H,6,10-13H2,1H3,(H,29,32)(H,30,35). The molecule has 0 radical (unpaired) electrons. The first-order chi connectivity index (χ1) is 16.5. The molecular weight excluding hydrogens is 461 g/mol. The summed E-state index contributed by atoms with van der Waals surface area (Å²) in [4.78, 5) is 28.5. The Hall–Kier alpha value is -3.94. The first-order valence-electron chi connectivity index (χ1n) is 11.0. The second-order valence-electron chi connectivity index (χ2n) is 9.64. The predicted octanol–water partition coefficient (Wildman–Crippen LogP) is 3.87. The van der Waals surface area contributed by atoms with Gasteiger partial charge in [0.05, 0.1) is 39.9 Å². The fourth-order valence-corrected chi connectivity index (χ4v) is 5.54. The number of carbonyl (C=O) groups excluding carboxylic acids is 2. The molecule has 0 saturated heterocycles. The van der Waals surface area contributed by atoms with E-state index in [4.69, 9.17) is 5.26 Å². The van der Waals surface area contributed by atoms with Gasteiger partial charge in [-0.15, -0.1) is 0 Å². The number of aromatic nitrogens is 3. The fraction of sp³-hybridized carbons (Fsp3) is 0.375. The van der Waals surface area contributed by atoms with Crippen LogP contribution in [0.4, 0.5) is 18.9 Å². The lowest BCUT2D eigenvalue weighted by Crippen LogP contribution is -2.71. The van der Waals surface area contributed by atoms with Crippen molar-refractivity contribution in [1.82, 2.24) is 19.9 Å². The molecule has 1 amide bonds. The van der Waals surface area contributed by atoms with Gasteiger partial charge in [0.15, 0.2) is 0 Å². The second-order valence-corrected chi connectivity index (χ2v) is 9.64. The summed E-state index contributed by atoms with van der Waals surface area (Å²) in [5, 5.41) is 18.6. The van der Waals surface area contributed by atoms with E-state index in [1.807, 2.05) is 11.4 Å². The van der Waals surface area contributed by atoms with Crippen LogP contribution in [0.2, 0.25) is 0 Å². The van der Waals surface area contributed by atoms with Crippen LogP contribution < -0.4 is 10.6 Å². The lowest BCUT2D eigenvalue weighted by atomic mass is 9.38. The van der Waals surface area contributed by atoms with Gasteiger partial charge in [0.2, 0.25) is 0 Å². The number of pyridine rings is 1. The molecular formula is C24H21F3N6O2. The number of ketones is 1. The monoisotopic (exact) mass is 482 g/mol. The summed E-state index contributed by atoms with van der Waals surface area (Å²) in [5.41, 5.74) is 2.19. The molecule has 8 nitrogen and oxygen atoms in total. The van der Waals surface area contributed by atoms with Gasteiger partial charge >= 0.3 is 6.18 Å². The Labute approximate surface area is 198 Å². The fourth-order valence-electron chi connectivity index (χ4n) is 5.54. The second kappa shape index (κ2) is 7.80. The molecule has 0 atom stereocenters. The van der Waals surface area contributed by atoms with E-state index in [9.17, 15) is 22.8 Å². The van der Waals surface area contributed by atoms with Gasteiger partial charge in [-0.3, -0.25) is 9.78 Å². The molecule has 2 bridgehead atoms. The van der Waals surface area contributed by atoms with Crippen molar-refractivity contribution in [2.24, 2.45) is 5.41 Å². The van der Waals surface area contributed by atoms with Crippen LogP contribution in [-0.4, -0.2) is 44.5 Å². The minimum atomic E-state index is -4.54. The van der Waals surface area contributed by atoms with Crippen molar-refractivity contribution in [3.8, 4) is 17.5 Å². The molecule has 3 fully saturated rings. The molecule has 3 saturated carbocycles. The largest absolute Gasteiger partial charge is 0.405 e. The lowest BCUT2D eigenvalue weighted by molar-refractivity contribution is -0.144. The van der Waals surface area contributed by atoms with Crippen molar-refractivity contribution >= 4 is 22.9 Å². The van der Waals surface area contributed by atoms with E-state index in [-0.39, 0.29) is 22.3 Å². The van der Waals surface area contributed by atoms with Gasteiger partial charge in [-0.25, -0.2) is 4.52 Å². The number of nitrogens with one attached hydrogen (secondary N) is 2. The molecule has 11 heteroatoms. The number of halogens is 3. The third-order valence-corrected chi connectivity index (χ3v) is 6.65. The molecule has 3 aromatic heterocycles. The van der Waals surface area contributed by atoms with Crippen molar-refractivity contribution in [1.29, 1.82) is 5.26 Å². The lowest BCUT2D eigenvalue weighted by Gasteiger charge is -2.71. The number of anilines is 1. The molecule has 3 heterocycles. The van der Waals surface area contributed by atoms with Crippen molar-refractivity contribution in [2.75, 3.05) is 11.9 Å². The van der Waals surface area contributed by atoms with Crippen LogP contribution in [0.15, 0.2) is 36.7 Å². The summed E-state index contributed by atoms with van der Waals surface area (Å²) in [6, 6.07) is 8.87. The zero-order valence-corrected chi connectivity index (χ0v) is 18.7. The van der Waals surface area contributed by atoms with E-state index in [0.29, 0.717) is 34.6 Å². The van der Waals surface area contributed by atoms with E-state index in [0.717, 1.165) is 19.3 Å². The molecule has 3 aromatic rings. The average molecular weight is 482 g/mol. The molecule has 180 valence electrons. The van der Waals surface area contributed by atoms with E-state index >= 15 is 0 Å². The molecule has 0 unspecified atom stereocenters. The number of nitriles is 1. The van der Waals surface area contributed by atoms with E-state index in [2.05, 4.69) is 15.4 Å². The SMILES string of the molecule is CC(=O)CC12CC(Nc3cc(-c4ccc5cc(C#N)cnn45)ncc3C(=O)NCC(F)(F)F)(C1)C2. The Kier molecular flexibility index (Phi) is 5.09. The molecule has 35 heavy (non-hydrogen) atoms. The third-order valence-electron chi connectivity index (χ3n) is 6.65. The van der Waals surface area contributed by atoms with Gasteiger partial charge < -0.3 is 15.4 Å². The highest BCUT2D eigenvalue weighted by Crippen LogP contribution is 2.70. The van der Waals surface area contributed by atoms with Crippen molar-refractivity contribution < 1.29 is 22.8 Å². The zero-order valence-electron chi connectivity index (χ0n) is 18.7. The van der Waals surface area contributed by atoms with Crippen LogP contribution in [0.1, 0.15) is 48.5 Å². The van der Waals surface area contributed by atoms with Crippen molar-refractivity contribution in [3.63, 3.8) is 0 Å². The van der Waals surface area contributed by atoms with E-state index in [1.165, 1.54) is 12.4 Å². The Bertz CT molecular complexity index is 1380. The number of rotatable bonds is 7. The van der Waals surface area contributed by atoms with Crippen LogP contribution in [0.5, 0.6) is 0 Å². The van der Waals surface area contributed by atoms with Crippen LogP contribution >= 0.6 is 0 Å². The van der Waals surface area contributed by atoms with Gasteiger partial charge in [-0.1, -0.05) is 0 Å². The number of Topliss-reactive ketones (excluding diaryl/α,β-unsaturated/α-hetero) is 1. The van der Waals surface area contributed by atoms with Gasteiger partial charge in [0.25, 0.3) is 5.91 Å². The molecule has 0 spiro atoms. The number of amides is 1. The highest BCUT2D eigenvalue weighted by molar-refractivity contribution is 6.00. The summed E-state index contributed by atoms with van der Waals surface area (Å²) in [7, 11) is 0. The van der Waals surface area contributed by atoms with E-state index in [1.54, 1.807) is 35.7 Å². The smallest absolute Gasteiger partial charge is 0.379 e. The molecule has 6 rings (SSSR count). The minimum absolute atomic E-state index is 0.00364. The minimum Gasteiger partial charge on any atom is -0.379 e. The highest BCUT2D eigenvalue weighted by Gasteiger charge is 2.67. The summed E-state index contributed by atoms with van der Waals surface area (Å²) in [6.45, 7) is 0.114. The van der Waals surface area contributed by atoms with Gasteiger partial charge in [0, 0.05) is 18.2 Å². The van der Waals surface area contributed by atoms with Gasteiger partial charge in [0.1, 0.15) is 18.4 Å². The summed E-state index contributed by atoms with van der Waals surface area (Å²) >= 11 is 0. The zero-order chi connectivity index (χ0) is 25.0. The number of hydrogen-bond donors (Lipinski definition) is 2. The Morgan fingerprint density at radius 3 is 2.60 bits per heavy atom. The Morgan fingerprint density at radius 1 is 1.20 bits per heavy atom. The third kappa shape index (κ3) is 4.20. The molecule has 0 aliphatic heterocycles. The molecule has 2 N–H and O–H groups in total. The summed E-state index contributed by atoms with van der Waals surface area (Å²) in [5.74, 6) is -0.755. The first kappa shape index (κ1) is 22.8. The summed E-state index contributed by atoms with van der Waals surface area (Å²) < 4.78 is 39.6. The Balaban J connectivity index is 1.47. The number of hydrogen-bond acceptors (Lipinski definition) is 6. The highest BCUT2D eigenvalue weighted by atomic mass is 19.4. The topological polar surface area (TPSA) is 112 Å². The number of nitrogens with zero attached hydrogens (tertiary/aromatic N) is 4. The summed E-state index contributed by atoms with van der Waals surface area (Å²) in [6.07, 6.45) is 0.911. The van der Waals surface area contributed by atoms with Crippen molar-refractivity contribution in [3.05, 3.63) is 47.8 Å². The van der Waals surface area contributed by atoms with E-state index < -0.39 is 18.6 Å². The maximum Gasteiger partial charge on any atom is 0.405 e. The van der Waals surface area contributed by atoms with Gasteiger partial charge in [-0.05, 0) is 55.9 Å². The molecule has 3 aliphatic carbocycles. The van der Waals surface area contributed by atoms with Crippen LogP contribution in [0.25, 0.3) is 16.9 Å². The predicted molar refractivity (Wildman–Crippen MR) is 119 cm³/mol. The number of carbonyl (C=O) groups is 2. The maximum absolute atomic E-state index is 12.7. The maximum atomic E-state index is 12.7. The van der Waals surface area contributed by atoms with Crippen molar-refractivity contribution in [2.45, 2.75) is 44.3 Å². The van der Waals surface area contributed by atoms with Crippen LogP contribution in [-0.2, 0) is 4.79 Å². The number of fused-ring (bicyclic) bond motifs is 1. The van der Waals surface area contributed by atoms with Gasteiger partial charge in [-0.2, -0.15) is 23.5 Å². The van der Waals surface area contributed by atoms with Crippen LogP contribution in [0.3, 0.4) is 0 Å². The average Bonchev–Trinajstić information content (AvgIpc) is 3.17.